The molecule has 0 aliphatic carbocycles. The number of amides is 1. The fraction of sp³-hybridized carbons (Fsp3) is 0.533. The molecule has 0 N–H and O–H groups in total. The average Bonchev–Trinajstić information content (AvgIpc) is 2.86. The van der Waals surface area contributed by atoms with Gasteiger partial charge in [-0.1, -0.05) is 0 Å². The third-order valence-electron chi connectivity index (χ3n) is 3.44. The molecule has 1 aliphatic heterocycles. The molecule has 0 bridgehead atoms. The summed E-state index contributed by atoms with van der Waals surface area (Å²) in [6.07, 6.45) is 2.50. The third kappa shape index (κ3) is 3.11. The van der Waals surface area contributed by atoms with Gasteiger partial charge in [0.05, 0.1) is 0 Å². The molecule has 0 unspecified atom stereocenters. The van der Waals surface area contributed by atoms with Crippen LogP contribution in [0.3, 0.4) is 0 Å². The molecule has 2 heterocycles. The molecule has 5 nitrogen and oxygen atoms in total. The molecule has 1 aliphatic rings. The van der Waals surface area contributed by atoms with Crippen molar-refractivity contribution < 1.29 is 14.3 Å². The Hall–Kier alpha value is -1.39. The van der Waals surface area contributed by atoms with E-state index in [0.29, 0.717) is 0 Å². The van der Waals surface area contributed by atoms with Crippen molar-refractivity contribution in [2.45, 2.75) is 36.6 Å². The van der Waals surface area contributed by atoms with E-state index in [1.165, 1.54) is 7.11 Å². The monoisotopic (exact) mass is 356 g/mol. The summed E-state index contributed by atoms with van der Waals surface area (Å²) < 4.78 is 4.92. The first kappa shape index (κ1) is 16.0. The van der Waals surface area contributed by atoms with Gasteiger partial charge in [-0.15, -0.1) is 0 Å². The van der Waals surface area contributed by atoms with Gasteiger partial charge in [0, 0.05) is 0 Å². The van der Waals surface area contributed by atoms with Crippen LogP contribution in [0.25, 0.3) is 0 Å². The van der Waals surface area contributed by atoms with Crippen LogP contribution in [-0.4, -0.2) is 55.3 Å². The number of esters is 1. The van der Waals surface area contributed by atoms with Crippen LogP contribution >= 0.6 is 0 Å². The second-order valence-electron chi connectivity index (χ2n) is 6.05. The Kier molecular flexibility index (Phi) is 4.69. The van der Waals surface area contributed by atoms with Gasteiger partial charge in [0.25, 0.3) is 0 Å². The molecule has 0 radical (unpaired) electrons. The third-order valence-corrected chi connectivity index (χ3v) is 7.64. The van der Waals surface area contributed by atoms with Gasteiger partial charge in [-0.2, -0.15) is 0 Å². The number of methoxy groups -OCH3 is 1. The molecule has 21 heavy (non-hydrogen) atoms. The van der Waals surface area contributed by atoms with Crippen molar-refractivity contribution in [1.82, 2.24) is 9.88 Å². The van der Waals surface area contributed by atoms with Crippen LogP contribution in [0.2, 0.25) is 0 Å². The van der Waals surface area contributed by atoms with Gasteiger partial charge in [-0.3, -0.25) is 0 Å². The number of aromatic nitrogens is 1. The number of hydrogen-bond acceptors (Lipinski definition) is 4. The van der Waals surface area contributed by atoms with Crippen LogP contribution < -0.4 is 0 Å². The van der Waals surface area contributed by atoms with E-state index in [0.717, 1.165) is 12.1 Å². The molecular weight excluding hydrogens is 335 g/mol. The molecular formula is C15H20N2O3Se. The van der Waals surface area contributed by atoms with E-state index < -0.39 is 6.04 Å². The number of carbonyl (C=O) groups is 2. The Morgan fingerprint density at radius 3 is 2.62 bits per heavy atom. The van der Waals surface area contributed by atoms with E-state index in [9.17, 15) is 9.59 Å². The second kappa shape index (κ2) is 6.16. The zero-order chi connectivity index (χ0) is 15.6. The summed E-state index contributed by atoms with van der Waals surface area (Å²) in [6, 6.07) is 5.09. The van der Waals surface area contributed by atoms with E-state index in [2.05, 4.69) is 25.8 Å². The minimum absolute atomic E-state index is 0.0404. The summed E-state index contributed by atoms with van der Waals surface area (Å²) in [6.45, 7) is 6.27. The molecule has 0 spiro atoms. The Morgan fingerprint density at radius 2 is 2.14 bits per heavy atom. The first-order chi connectivity index (χ1) is 9.90. The van der Waals surface area contributed by atoms with Gasteiger partial charge in [0.2, 0.25) is 0 Å². The molecule has 0 aromatic carbocycles. The van der Waals surface area contributed by atoms with Crippen molar-refractivity contribution in [2.75, 3.05) is 7.11 Å². The summed E-state index contributed by atoms with van der Waals surface area (Å²) in [4.78, 5) is 29.8. The predicted octanol–water partition coefficient (Wildman–Crippen LogP) is 1.21. The minimum atomic E-state index is -0.577. The SMILES string of the molecule is COC(=O)[C@@H]1[C@@H](c2ccccn2)[Se][C@H](C(C)(C)C)N1C=O. The van der Waals surface area contributed by atoms with Crippen LogP contribution in [0.4, 0.5) is 0 Å². The normalized spacial score (nSPS) is 25.7. The first-order valence-electron chi connectivity index (χ1n) is 6.77. The van der Waals surface area contributed by atoms with E-state index in [1.807, 2.05) is 18.2 Å². The van der Waals surface area contributed by atoms with Crippen molar-refractivity contribution in [1.29, 1.82) is 0 Å². The van der Waals surface area contributed by atoms with Crippen LogP contribution in [0, 0.1) is 5.41 Å². The zero-order valence-corrected chi connectivity index (χ0v) is 14.4. The molecule has 3 atom stereocenters. The van der Waals surface area contributed by atoms with Gasteiger partial charge in [-0.05, 0) is 0 Å². The van der Waals surface area contributed by atoms with Crippen LogP contribution in [0.5, 0.6) is 0 Å². The Balaban J connectivity index is 2.43. The van der Waals surface area contributed by atoms with Gasteiger partial charge in [-0.25, -0.2) is 0 Å². The quantitative estimate of drug-likeness (QED) is 0.465. The standard InChI is InChI=1S/C15H20N2O3Se/c1-15(2,3)14-17(9-18)11(13(19)20-4)12(21-14)10-7-5-6-8-16-10/h5-9,11-12,14H,1-4H3/t11-,12+,14+/m0/s1. The first-order valence-corrected chi connectivity index (χ1v) is 8.75. The maximum absolute atomic E-state index is 12.2. The molecule has 1 amide bonds. The number of ether oxygens (including phenoxy) is 1. The van der Waals surface area contributed by atoms with Crippen molar-refractivity contribution in [2.24, 2.45) is 5.41 Å². The zero-order valence-electron chi connectivity index (χ0n) is 12.6. The van der Waals surface area contributed by atoms with Gasteiger partial charge in [0.1, 0.15) is 0 Å². The average molecular weight is 355 g/mol. The van der Waals surface area contributed by atoms with E-state index in [4.69, 9.17) is 4.74 Å². The molecule has 0 saturated carbocycles. The summed E-state index contributed by atoms with van der Waals surface area (Å²) in [5, 5.41) is 0. The molecule has 1 saturated heterocycles. The van der Waals surface area contributed by atoms with Crippen LogP contribution in [-0.2, 0) is 14.3 Å². The summed E-state index contributed by atoms with van der Waals surface area (Å²) in [5.74, 6) is -0.369. The number of nitrogens with zero attached hydrogens (tertiary/aromatic N) is 2. The number of carbonyl (C=O) groups excluding carboxylic acids is 2. The molecule has 1 fully saturated rings. The summed E-state index contributed by atoms with van der Waals surface area (Å²) >= 11 is 0.0480. The van der Waals surface area contributed by atoms with Crippen molar-refractivity contribution in [3.8, 4) is 0 Å². The topological polar surface area (TPSA) is 59.5 Å². The molecule has 1 aromatic rings. The van der Waals surface area contributed by atoms with Gasteiger partial charge < -0.3 is 0 Å². The maximum atomic E-state index is 12.2. The number of pyridine rings is 1. The van der Waals surface area contributed by atoms with Crippen molar-refractivity contribution in [3.05, 3.63) is 30.1 Å². The van der Waals surface area contributed by atoms with Crippen LogP contribution in [0.15, 0.2) is 24.4 Å². The Labute approximate surface area is 131 Å². The Bertz CT molecular complexity index is 515. The van der Waals surface area contributed by atoms with E-state index >= 15 is 0 Å². The van der Waals surface area contributed by atoms with Crippen molar-refractivity contribution in [3.63, 3.8) is 0 Å². The van der Waals surface area contributed by atoms with Crippen molar-refractivity contribution >= 4 is 27.3 Å². The second-order valence-corrected chi connectivity index (χ2v) is 8.62. The molecule has 2 rings (SSSR count). The predicted molar refractivity (Wildman–Crippen MR) is 79.7 cm³/mol. The molecule has 114 valence electrons. The fourth-order valence-corrected chi connectivity index (χ4v) is 6.04. The summed E-state index contributed by atoms with van der Waals surface area (Å²) in [5.41, 5.74) is 0.767. The van der Waals surface area contributed by atoms with E-state index in [-0.39, 0.29) is 36.1 Å². The number of rotatable bonds is 3. The summed E-state index contributed by atoms with van der Waals surface area (Å²) in [7, 11) is 1.36. The molecule has 1 aromatic heterocycles. The van der Waals surface area contributed by atoms with Gasteiger partial charge in [0.15, 0.2) is 0 Å². The fourth-order valence-electron chi connectivity index (χ4n) is 2.50. The van der Waals surface area contributed by atoms with E-state index in [1.54, 1.807) is 11.1 Å². The van der Waals surface area contributed by atoms with Crippen LogP contribution in [0.1, 0.15) is 31.3 Å². The Morgan fingerprint density at radius 1 is 1.43 bits per heavy atom. The number of hydrogen-bond donors (Lipinski definition) is 0. The van der Waals surface area contributed by atoms with Gasteiger partial charge >= 0.3 is 131 Å². The molecule has 6 heteroatoms.